The molecule has 0 unspecified atom stereocenters. The van der Waals surface area contributed by atoms with Crippen LogP contribution >= 0.6 is 22.9 Å². The summed E-state index contributed by atoms with van der Waals surface area (Å²) in [5.41, 5.74) is 0.603. The summed E-state index contributed by atoms with van der Waals surface area (Å²) in [4.78, 5) is 30.1. The van der Waals surface area contributed by atoms with Crippen molar-refractivity contribution in [2.45, 2.75) is 13.3 Å². The lowest BCUT2D eigenvalue weighted by Crippen LogP contribution is -2.21. The van der Waals surface area contributed by atoms with Crippen LogP contribution < -0.4 is 10.1 Å². The van der Waals surface area contributed by atoms with Crippen LogP contribution in [-0.2, 0) is 4.79 Å². The van der Waals surface area contributed by atoms with Crippen molar-refractivity contribution in [2.75, 3.05) is 26.0 Å². The second-order valence-corrected chi connectivity index (χ2v) is 6.67. The number of carbonyl (C=O) groups is 2. The zero-order valence-corrected chi connectivity index (χ0v) is 15.2. The zero-order valence-electron chi connectivity index (χ0n) is 13.6. The number of thiazole rings is 1. The highest BCUT2D eigenvalue weighted by atomic mass is 35.5. The number of hydrogen-bond acceptors (Lipinski definition) is 5. The molecule has 0 spiro atoms. The van der Waals surface area contributed by atoms with Crippen molar-refractivity contribution in [2.24, 2.45) is 0 Å². The maximum absolute atomic E-state index is 12.0. The van der Waals surface area contributed by atoms with Crippen LogP contribution in [0.15, 0.2) is 24.3 Å². The van der Waals surface area contributed by atoms with Crippen LogP contribution in [0.1, 0.15) is 21.8 Å². The summed E-state index contributed by atoms with van der Waals surface area (Å²) in [7, 11) is 3.35. The third-order valence-corrected chi connectivity index (χ3v) is 4.37. The molecule has 6 nitrogen and oxygen atoms in total. The van der Waals surface area contributed by atoms with Crippen LogP contribution in [-0.4, -0.2) is 42.4 Å². The minimum absolute atomic E-state index is 0.128. The number of amides is 2. The van der Waals surface area contributed by atoms with Crippen molar-refractivity contribution in [3.05, 3.63) is 39.9 Å². The van der Waals surface area contributed by atoms with Gasteiger partial charge in [-0.3, -0.25) is 9.59 Å². The van der Waals surface area contributed by atoms with E-state index in [1.165, 1.54) is 16.2 Å². The average Bonchev–Trinajstić information content (AvgIpc) is 2.88. The first-order valence-corrected chi connectivity index (χ1v) is 8.43. The lowest BCUT2D eigenvalue weighted by molar-refractivity contribution is -0.116. The van der Waals surface area contributed by atoms with Gasteiger partial charge in [0.1, 0.15) is 10.6 Å². The van der Waals surface area contributed by atoms with E-state index in [0.717, 1.165) is 0 Å². The first-order valence-electron chi connectivity index (χ1n) is 7.24. The van der Waals surface area contributed by atoms with Gasteiger partial charge in [0.15, 0.2) is 5.13 Å². The molecule has 0 aliphatic rings. The molecular formula is C16H18ClN3O3S. The molecule has 1 heterocycles. The predicted octanol–water partition coefficient (Wildman–Crippen LogP) is 3.21. The summed E-state index contributed by atoms with van der Waals surface area (Å²) < 4.78 is 5.47. The van der Waals surface area contributed by atoms with E-state index in [-0.39, 0.29) is 24.8 Å². The van der Waals surface area contributed by atoms with Crippen molar-refractivity contribution in [3.63, 3.8) is 0 Å². The molecule has 0 atom stereocenters. The molecule has 0 fully saturated rings. The Kier molecular flexibility index (Phi) is 6.16. The van der Waals surface area contributed by atoms with Crippen LogP contribution in [0.25, 0.3) is 0 Å². The van der Waals surface area contributed by atoms with Gasteiger partial charge in [0.2, 0.25) is 5.91 Å². The quantitative estimate of drug-likeness (QED) is 0.850. The van der Waals surface area contributed by atoms with Crippen LogP contribution in [0.3, 0.4) is 0 Å². The van der Waals surface area contributed by atoms with Gasteiger partial charge in [0, 0.05) is 19.1 Å². The van der Waals surface area contributed by atoms with Crippen molar-refractivity contribution < 1.29 is 14.3 Å². The minimum Gasteiger partial charge on any atom is -0.493 e. The molecule has 0 saturated carbocycles. The minimum atomic E-state index is -0.221. The Bertz CT molecular complexity index is 729. The molecule has 0 saturated heterocycles. The molecule has 24 heavy (non-hydrogen) atoms. The highest BCUT2D eigenvalue weighted by Crippen LogP contribution is 2.23. The molecule has 0 radical (unpaired) electrons. The van der Waals surface area contributed by atoms with E-state index in [4.69, 9.17) is 16.3 Å². The summed E-state index contributed by atoms with van der Waals surface area (Å²) in [5.74, 6) is 0.300. The molecular weight excluding hydrogens is 350 g/mol. The van der Waals surface area contributed by atoms with E-state index in [0.29, 0.717) is 26.5 Å². The van der Waals surface area contributed by atoms with Gasteiger partial charge >= 0.3 is 0 Å². The van der Waals surface area contributed by atoms with Gasteiger partial charge in [-0.1, -0.05) is 22.9 Å². The maximum atomic E-state index is 12.0. The topological polar surface area (TPSA) is 71.5 Å². The van der Waals surface area contributed by atoms with Gasteiger partial charge < -0.3 is 15.0 Å². The number of ether oxygens (including phenoxy) is 1. The summed E-state index contributed by atoms with van der Waals surface area (Å²) in [6, 6.07) is 6.92. The molecule has 128 valence electrons. The van der Waals surface area contributed by atoms with Crippen LogP contribution in [0.4, 0.5) is 5.13 Å². The van der Waals surface area contributed by atoms with Crippen LogP contribution in [0.2, 0.25) is 5.02 Å². The Morgan fingerprint density at radius 3 is 2.58 bits per heavy atom. The number of aryl methyl sites for hydroxylation is 1. The highest BCUT2D eigenvalue weighted by Gasteiger charge is 2.17. The molecule has 2 aromatic rings. The first kappa shape index (κ1) is 18.2. The van der Waals surface area contributed by atoms with Gasteiger partial charge in [-0.2, -0.15) is 0 Å². The van der Waals surface area contributed by atoms with Crippen molar-refractivity contribution in [3.8, 4) is 5.75 Å². The number of halogens is 1. The van der Waals surface area contributed by atoms with Gasteiger partial charge in [0.05, 0.1) is 18.7 Å². The molecule has 1 aromatic heterocycles. The van der Waals surface area contributed by atoms with Gasteiger partial charge in [-0.25, -0.2) is 4.98 Å². The fourth-order valence-electron chi connectivity index (χ4n) is 1.83. The molecule has 0 bridgehead atoms. The van der Waals surface area contributed by atoms with E-state index >= 15 is 0 Å². The second kappa shape index (κ2) is 8.12. The molecule has 0 aliphatic heterocycles. The van der Waals surface area contributed by atoms with Gasteiger partial charge in [-0.15, -0.1) is 0 Å². The van der Waals surface area contributed by atoms with Gasteiger partial charge in [0.25, 0.3) is 5.91 Å². The predicted molar refractivity (Wildman–Crippen MR) is 95.1 cm³/mol. The third-order valence-electron chi connectivity index (χ3n) is 3.05. The number of nitrogens with one attached hydrogen (secondary N) is 1. The monoisotopic (exact) mass is 367 g/mol. The fourth-order valence-corrected chi connectivity index (χ4v) is 2.96. The lowest BCUT2D eigenvalue weighted by atomic mass is 10.3. The molecule has 2 rings (SSSR count). The SMILES string of the molecule is Cc1nc(NC(=O)CCOc2ccc(Cl)cc2)sc1C(=O)N(C)C. The Hall–Kier alpha value is -2.12. The Morgan fingerprint density at radius 1 is 1.29 bits per heavy atom. The third kappa shape index (κ3) is 4.94. The maximum Gasteiger partial charge on any atom is 0.265 e. The fraction of sp³-hybridized carbons (Fsp3) is 0.312. The summed E-state index contributed by atoms with van der Waals surface area (Å²) >= 11 is 6.96. The zero-order chi connectivity index (χ0) is 17.7. The lowest BCUT2D eigenvalue weighted by Gasteiger charge is -2.07. The van der Waals surface area contributed by atoms with E-state index in [1.54, 1.807) is 45.3 Å². The number of nitrogens with zero attached hydrogens (tertiary/aromatic N) is 2. The van der Waals surface area contributed by atoms with Crippen molar-refractivity contribution >= 4 is 39.9 Å². The van der Waals surface area contributed by atoms with E-state index in [9.17, 15) is 9.59 Å². The first-order chi connectivity index (χ1) is 11.4. The molecule has 1 N–H and O–H groups in total. The number of aromatic nitrogens is 1. The Morgan fingerprint density at radius 2 is 1.96 bits per heavy atom. The molecule has 2 amide bonds. The number of carbonyl (C=O) groups excluding carboxylic acids is 2. The number of rotatable bonds is 6. The summed E-state index contributed by atoms with van der Waals surface area (Å²) in [6.45, 7) is 1.98. The Labute approximate surface area is 149 Å². The van der Waals surface area contributed by atoms with Crippen LogP contribution in [0.5, 0.6) is 5.75 Å². The molecule has 1 aromatic carbocycles. The average molecular weight is 368 g/mol. The standard InChI is InChI=1S/C16H18ClN3O3S/c1-10-14(15(22)20(2)3)24-16(18-10)19-13(21)8-9-23-12-6-4-11(17)5-7-12/h4-7H,8-9H2,1-3H3,(H,18,19,21). The largest absolute Gasteiger partial charge is 0.493 e. The van der Waals surface area contributed by atoms with Crippen molar-refractivity contribution in [1.82, 2.24) is 9.88 Å². The Balaban J connectivity index is 1.85. The smallest absolute Gasteiger partial charge is 0.265 e. The number of anilines is 1. The normalized spacial score (nSPS) is 10.3. The summed E-state index contributed by atoms with van der Waals surface area (Å²) in [5, 5.41) is 3.73. The van der Waals surface area contributed by atoms with Crippen LogP contribution in [0, 0.1) is 6.92 Å². The highest BCUT2D eigenvalue weighted by molar-refractivity contribution is 7.17. The van der Waals surface area contributed by atoms with Gasteiger partial charge in [-0.05, 0) is 31.2 Å². The van der Waals surface area contributed by atoms with E-state index < -0.39 is 0 Å². The molecule has 0 aliphatic carbocycles. The molecule has 8 heteroatoms. The number of hydrogen-bond donors (Lipinski definition) is 1. The summed E-state index contributed by atoms with van der Waals surface area (Å²) in [6.07, 6.45) is 0.179. The number of benzene rings is 1. The van der Waals surface area contributed by atoms with E-state index in [1.807, 2.05) is 0 Å². The van der Waals surface area contributed by atoms with E-state index in [2.05, 4.69) is 10.3 Å². The van der Waals surface area contributed by atoms with Crippen molar-refractivity contribution in [1.29, 1.82) is 0 Å². The second-order valence-electron chi connectivity index (χ2n) is 5.23.